The van der Waals surface area contributed by atoms with Crippen LogP contribution < -0.4 is 20.7 Å². The molecule has 0 spiro atoms. The molecule has 2 fully saturated rings. The van der Waals surface area contributed by atoms with E-state index in [9.17, 15) is 10.1 Å². The quantitative estimate of drug-likeness (QED) is 0.464. The highest BCUT2D eigenvalue weighted by molar-refractivity contribution is 6.05. The molecule has 35 heavy (non-hydrogen) atoms. The van der Waals surface area contributed by atoms with Crippen molar-refractivity contribution in [2.45, 2.75) is 25.4 Å². The van der Waals surface area contributed by atoms with Gasteiger partial charge in [-0.15, -0.1) is 0 Å². The summed E-state index contributed by atoms with van der Waals surface area (Å²) < 4.78 is 11.7. The van der Waals surface area contributed by atoms with Gasteiger partial charge in [-0.05, 0) is 38.1 Å². The average Bonchev–Trinajstić information content (AvgIpc) is 3.39. The molecule has 10 heteroatoms. The van der Waals surface area contributed by atoms with Crippen LogP contribution in [0.1, 0.15) is 24.8 Å². The van der Waals surface area contributed by atoms with Crippen LogP contribution in [0.15, 0.2) is 48.4 Å². The highest BCUT2D eigenvalue weighted by atomic mass is 16.5. The first-order valence-electron chi connectivity index (χ1n) is 11.6. The number of hydrogen-bond acceptors (Lipinski definition) is 9. The normalized spacial score (nSPS) is 17.6. The molecule has 0 aliphatic carbocycles. The van der Waals surface area contributed by atoms with Crippen LogP contribution in [0.5, 0.6) is 5.75 Å². The van der Waals surface area contributed by atoms with Gasteiger partial charge in [-0.25, -0.2) is 9.97 Å². The van der Waals surface area contributed by atoms with E-state index >= 15 is 0 Å². The molecule has 1 atom stereocenters. The van der Waals surface area contributed by atoms with Crippen LogP contribution in [0.3, 0.4) is 0 Å². The summed E-state index contributed by atoms with van der Waals surface area (Å²) in [6.45, 7) is 2.85. The Labute approximate surface area is 202 Å². The number of anilines is 3. The number of fused-ring (bicyclic) bond motifs is 1. The molecular formula is C25H25N7O3. The zero-order chi connectivity index (χ0) is 24.0. The molecule has 1 amide bonds. The molecule has 5 rings (SSSR count). The first-order valence-corrected chi connectivity index (χ1v) is 11.6. The average molecular weight is 472 g/mol. The molecular weight excluding hydrogens is 446 g/mol. The Morgan fingerprint density at radius 1 is 1.23 bits per heavy atom. The number of piperidine rings is 1. The predicted octanol–water partition coefficient (Wildman–Crippen LogP) is 3.06. The molecule has 0 bridgehead atoms. The zero-order valence-electron chi connectivity index (χ0n) is 19.1. The van der Waals surface area contributed by atoms with Gasteiger partial charge in [0.05, 0.1) is 35.7 Å². The number of carbonyl (C=O) groups excluding carboxylic acids is 1. The van der Waals surface area contributed by atoms with Crippen LogP contribution in [-0.2, 0) is 9.53 Å². The summed E-state index contributed by atoms with van der Waals surface area (Å²) in [5, 5.41) is 19.7. The minimum atomic E-state index is -0.223. The van der Waals surface area contributed by atoms with E-state index in [-0.39, 0.29) is 12.0 Å². The first-order chi connectivity index (χ1) is 17.2. The fraction of sp³-hybridized carbons (Fsp3) is 0.320. The Hall–Kier alpha value is -4.07. The molecule has 2 aromatic heterocycles. The second-order valence-corrected chi connectivity index (χ2v) is 8.37. The van der Waals surface area contributed by atoms with Crippen molar-refractivity contribution >= 4 is 34.1 Å². The molecule has 4 heterocycles. The minimum absolute atomic E-state index is 0.112. The van der Waals surface area contributed by atoms with Gasteiger partial charge in [-0.1, -0.05) is 5.57 Å². The van der Waals surface area contributed by atoms with Gasteiger partial charge in [-0.3, -0.25) is 9.78 Å². The number of aromatic nitrogens is 3. The van der Waals surface area contributed by atoms with Crippen molar-refractivity contribution in [2.75, 3.05) is 36.9 Å². The van der Waals surface area contributed by atoms with Gasteiger partial charge < -0.3 is 25.4 Å². The number of carbonyl (C=O) groups is 1. The van der Waals surface area contributed by atoms with Crippen LogP contribution in [-0.4, -0.2) is 53.3 Å². The van der Waals surface area contributed by atoms with E-state index in [4.69, 9.17) is 9.47 Å². The van der Waals surface area contributed by atoms with Crippen molar-refractivity contribution in [1.29, 1.82) is 5.26 Å². The molecule has 1 unspecified atom stereocenters. The molecule has 2 aliphatic rings. The Balaban J connectivity index is 1.55. The molecule has 10 nitrogen and oxygen atoms in total. The molecule has 0 saturated carbocycles. The highest BCUT2D eigenvalue weighted by Crippen LogP contribution is 2.36. The summed E-state index contributed by atoms with van der Waals surface area (Å²) in [6, 6.07) is 7.43. The lowest BCUT2D eigenvalue weighted by Gasteiger charge is -2.19. The lowest BCUT2D eigenvalue weighted by molar-refractivity contribution is -0.112. The van der Waals surface area contributed by atoms with Crippen LogP contribution in [0.25, 0.3) is 10.9 Å². The van der Waals surface area contributed by atoms with E-state index in [1.807, 2.05) is 0 Å². The Morgan fingerprint density at radius 3 is 2.80 bits per heavy atom. The molecule has 3 N–H and O–H groups in total. The molecule has 2 aliphatic heterocycles. The zero-order valence-corrected chi connectivity index (χ0v) is 19.1. The van der Waals surface area contributed by atoms with Crippen molar-refractivity contribution in [3.63, 3.8) is 0 Å². The maximum Gasteiger partial charge on any atom is 0.248 e. The fourth-order valence-corrected chi connectivity index (χ4v) is 4.14. The smallest absolute Gasteiger partial charge is 0.248 e. The molecule has 3 aromatic rings. The maximum absolute atomic E-state index is 12.9. The predicted molar refractivity (Wildman–Crippen MR) is 130 cm³/mol. The molecule has 1 aromatic carbocycles. The summed E-state index contributed by atoms with van der Waals surface area (Å²) >= 11 is 0. The van der Waals surface area contributed by atoms with Crippen molar-refractivity contribution in [1.82, 2.24) is 20.3 Å². The number of benzene rings is 1. The number of nitrogens with one attached hydrogen (secondary N) is 3. The number of nitrogens with zero attached hydrogens (tertiary/aromatic N) is 4. The maximum atomic E-state index is 12.9. The summed E-state index contributed by atoms with van der Waals surface area (Å²) in [7, 11) is 0. The lowest BCUT2D eigenvalue weighted by Crippen LogP contribution is -2.24. The monoisotopic (exact) mass is 471 g/mol. The third-order valence-corrected chi connectivity index (χ3v) is 5.91. The van der Waals surface area contributed by atoms with Crippen LogP contribution in [0, 0.1) is 11.3 Å². The summed E-state index contributed by atoms with van der Waals surface area (Å²) in [4.78, 5) is 25.8. The molecule has 178 valence electrons. The van der Waals surface area contributed by atoms with Crippen molar-refractivity contribution in [2.24, 2.45) is 0 Å². The Bertz CT molecular complexity index is 1290. The minimum Gasteiger partial charge on any atom is -0.486 e. The molecule has 2 saturated heterocycles. The van der Waals surface area contributed by atoms with Crippen molar-refractivity contribution in [3.05, 3.63) is 54.0 Å². The van der Waals surface area contributed by atoms with E-state index in [2.05, 4.69) is 37.0 Å². The topological polar surface area (TPSA) is 134 Å². The standard InChI is InChI=1S/C25H25N7O3/c26-13-17-14-30-20-12-22(35-18-4-9-34-15-18)21(31-23(33)10-16-2-7-27-8-3-16)11-19(20)24(17)32-25-28-5-1-6-29-25/h1,5-6,10-12,14,18,27H,2-4,7-9,15H2,(H,31,33)(H,28,29,30,32). The summed E-state index contributed by atoms with van der Waals surface area (Å²) in [6.07, 6.45) is 8.72. The van der Waals surface area contributed by atoms with Crippen LogP contribution >= 0.6 is 0 Å². The Kier molecular flexibility index (Phi) is 6.79. The lowest BCUT2D eigenvalue weighted by atomic mass is 10.1. The van der Waals surface area contributed by atoms with Gasteiger partial charge in [0.15, 0.2) is 0 Å². The van der Waals surface area contributed by atoms with Crippen molar-refractivity contribution < 1.29 is 14.3 Å². The van der Waals surface area contributed by atoms with Gasteiger partial charge in [0.25, 0.3) is 0 Å². The van der Waals surface area contributed by atoms with E-state index in [0.29, 0.717) is 52.8 Å². The first kappa shape index (κ1) is 22.7. The van der Waals surface area contributed by atoms with Crippen LogP contribution in [0.4, 0.5) is 17.3 Å². The number of pyridine rings is 1. The third-order valence-electron chi connectivity index (χ3n) is 5.91. The highest BCUT2D eigenvalue weighted by Gasteiger charge is 2.21. The summed E-state index contributed by atoms with van der Waals surface area (Å²) in [5.41, 5.74) is 3.04. The van der Waals surface area contributed by atoms with E-state index < -0.39 is 0 Å². The molecule has 0 radical (unpaired) electrons. The third kappa shape index (κ3) is 5.37. The SMILES string of the molecule is N#Cc1cnc2cc(OC3CCOC3)c(NC(=O)C=C3CCNCC3)cc2c1Nc1ncccn1. The number of rotatable bonds is 6. The van der Waals surface area contributed by atoms with E-state index in [1.54, 1.807) is 36.7 Å². The largest absolute Gasteiger partial charge is 0.486 e. The van der Waals surface area contributed by atoms with Crippen molar-refractivity contribution in [3.8, 4) is 11.8 Å². The van der Waals surface area contributed by atoms with Gasteiger partial charge in [0, 0.05) is 42.5 Å². The Morgan fingerprint density at radius 2 is 2.06 bits per heavy atom. The number of hydrogen-bond donors (Lipinski definition) is 3. The fourth-order valence-electron chi connectivity index (χ4n) is 4.14. The second-order valence-electron chi connectivity index (χ2n) is 8.37. The second kappa shape index (κ2) is 10.5. The number of nitriles is 1. The van der Waals surface area contributed by atoms with Gasteiger partial charge in [0.1, 0.15) is 17.9 Å². The number of amides is 1. The van der Waals surface area contributed by atoms with Crippen LogP contribution in [0.2, 0.25) is 0 Å². The van der Waals surface area contributed by atoms with Gasteiger partial charge in [-0.2, -0.15) is 5.26 Å². The van der Waals surface area contributed by atoms with E-state index in [0.717, 1.165) is 37.9 Å². The van der Waals surface area contributed by atoms with E-state index in [1.165, 1.54) is 6.20 Å². The summed E-state index contributed by atoms with van der Waals surface area (Å²) in [5.74, 6) is 0.629. The van der Waals surface area contributed by atoms with Gasteiger partial charge >= 0.3 is 0 Å². The number of ether oxygens (including phenoxy) is 2. The van der Waals surface area contributed by atoms with Gasteiger partial charge in [0.2, 0.25) is 11.9 Å².